The number of hydrogen-bond donors (Lipinski definition) is 1. The van der Waals surface area contributed by atoms with Gasteiger partial charge in [-0.1, -0.05) is 20.8 Å². The number of rotatable bonds is 3. The highest BCUT2D eigenvalue weighted by molar-refractivity contribution is 5.85. The van der Waals surface area contributed by atoms with E-state index in [1.807, 2.05) is 4.90 Å². The zero-order valence-electron chi connectivity index (χ0n) is 10.4. The molecule has 4 heteroatoms. The molecule has 0 aromatic rings. The lowest BCUT2D eigenvalue weighted by molar-refractivity contribution is -0.133. The van der Waals surface area contributed by atoms with Crippen LogP contribution in [0, 0.1) is 5.92 Å². The van der Waals surface area contributed by atoms with Crippen molar-refractivity contribution in [3.8, 4) is 0 Å². The molecule has 0 spiro atoms. The largest absolute Gasteiger partial charge is 0.379 e. The van der Waals surface area contributed by atoms with Crippen molar-refractivity contribution in [1.82, 2.24) is 10.2 Å². The Bertz CT molecular complexity index is 262. The predicted octanol–water partition coefficient (Wildman–Crippen LogP) is 0.968. The van der Waals surface area contributed by atoms with Crippen molar-refractivity contribution < 1.29 is 9.53 Å². The Morgan fingerprint density at radius 1 is 1.56 bits per heavy atom. The molecule has 4 nitrogen and oxygen atoms in total. The van der Waals surface area contributed by atoms with Gasteiger partial charge in [0.1, 0.15) is 0 Å². The van der Waals surface area contributed by atoms with Crippen LogP contribution in [0.15, 0.2) is 0 Å². The van der Waals surface area contributed by atoms with Gasteiger partial charge >= 0.3 is 0 Å². The Balaban J connectivity index is 2.12. The van der Waals surface area contributed by atoms with E-state index in [0.717, 1.165) is 19.4 Å². The lowest BCUT2D eigenvalue weighted by Crippen LogP contribution is -2.44. The van der Waals surface area contributed by atoms with Crippen molar-refractivity contribution >= 4 is 5.91 Å². The summed E-state index contributed by atoms with van der Waals surface area (Å²) in [7, 11) is 0. The molecule has 1 amide bonds. The van der Waals surface area contributed by atoms with E-state index in [2.05, 4.69) is 26.1 Å². The quantitative estimate of drug-likeness (QED) is 0.779. The summed E-state index contributed by atoms with van der Waals surface area (Å²) in [4.78, 5) is 14.3. The first-order chi connectivity index (χ1) is 7.65. The molecule has 2 saturated heterocycles. The van der Waals surface area contributed by atoms with Gasteiger partial charge in [0.15, 0.2) is 0 Å². The molecule has 0 aromatic carbocycles. The predicted molar refractivity (Wildman–Crippen MR) is 61.9 cm³/mol. The van der Waals surface area contributed by atoms with E-state index in [1.54, 1.807) is 0 Å². The zero-order chi connectivity index (χ0) is 11.7. The number of nitrogens with zero attached hydrogens (tertiary/aromatic N) is 1. The number of hydrogen-bond acceptors (Lipinski definition) is 3. The van der Waals surface area contributed by atoms with E-state index in [-0.39, 0.29) is 24.2 Å². The van der Waals surface area contributed by atoms with Crippen LogP contribution in [0.25, 0.3) is 0 Å². The Hall–Kier alpha value is -0.610. The van der Waals surface area contributed by atoms with Gasteiger partial charge in [-0.05, 0) is 18.8 Å². The molecular formula is C12H22N2O2. The zero-order valence-corrected chi connectivity index (χ0v) is 10.4. The van der Waals surface area contributed by atoms with Gasteiger partial charge in [-0.25, -0.2) is 0 Å². The van der Waals surface area contributed by atoms with Crippen LogP contribution in [0.5, 0.6) is 0 Å². The Morgan fingerprint density at radius 3 is 2.81 bits per heavy atom. The SMILES string of the molecule is CCC1NC(C(C)C)C(=O)N1C1CCOC1. The molecule has 2 aliphatic rings. The molecule has 2 aliphatic heterocycles. The highest BCUT2D eigenvalue weighted by Crippen LogP contribution is 2.24. The van der Waals surface area contributed by atoms with Crippen molar-refractivity contribution in [2.45, 2.75) is 51.9 Å². The average molecular weight is 226 g/mol. The van der Waals surface area contributed by atoms with Crippen molar-refractivity contribution in [3.05, 3.63) is 0 Å². The van der Waals surface area contributed by atoms with Crippen LogP contribution >= 0.6 is 0 Å². The molecule has 0 saturated carbocycles. The Labute approximate surface area is 97.3 Å². The second-order valence-corrected chi connectivity index (χ2v) is 5.08. The van der Waals surface area contributed by atoms with Gasteiger partial charge in [-0.15, -0.1) is 0 Å². The lowest BCUT2D eigenvalue weighted by Gasteiger charge is -2.28. The fraction of sp³-hybridized carbons (Fsp3) is 0.917. The lowest BCUT2D eigenvalue weighted by atomic mass is 10.0. The highest BCUT2D eigenvalue weighted by atomic mass is 16.5. The van der Waals surface area contributed by atoms with Gasteiger partial charge in [0.25, 0.3) is 0 Å². The molecule has 0 bridgehead atoms. The first kappa shape index (κ1) is 11.9. The van der Waals surface area contributed by atoms with Gasteiger partial charge in [0, 0.05) is 6.61 Å². The van der Waals surface area contributed by atoms with Crippen LogP contribution in [-0.2, 0) is 9.53 Å². The van der Waals surface area contributed by atoms with E-state index < -0.39 is 0 Å². The Morgan fingerprint density at radius 2 is 2.31 bits per heavy atom. The molecule has 0 aromatic heterocycles. The molecule has 2 fully saturated rings. The molecule has 16 heavy (non-hydrogen) atoms. The molecule has 2 rings (SSSR count). The molecule has 1 N–H and O–H groups in total. The summed E-state index contributed by atoms with van der Waals surface area (Å²) in [5, 5.41) is 3.44. The third-order valence-electron chi connectivity index (χ3n) is 3.58. The van der Waals surface area contributed by atoms with E-state index in [4.69, 9.17) is 4.74 Å². The van der Waals surface area contributed by atoms with Crippen LogP contribution in [0.4, 0.5) is 0 Å². The monoisotopic (exact) mass is 226 g/mol. The van der Waals surface area contributed by atoms with Crippen molar-refractivity contribution in [2.75, 3.05) is 13.2 Å². The summed E-state index contributed by atoms with van der Waals surface area (Å²) in [6, 6.07) is 0.277. The van der Waals surface area contributed by atoms with Crippen LogP contribution in [0.3, 0.4) is 0 Å². The number of carbonyl (C=O) groups is 1. The number of ether oxygens (including phenoxy) is 1. The number of carbonyl (C=O) groups excluding carboxylic acids is 1. The summed E-state index contributed by atoms with van der Waals surface area (Å²) in [6.45, 7) is 7.80. The van der Waals surface area contributed by atoms with Crippen LogP contribution in [0.2, 0.25) is 0 Å². The normalized spacial score (nSPS) is 35.4. The fourth-order valence-electron chi connectivity index (χ4n) is 2.64. The summed E-state index contributed by atoms with van der Waals surface area (Å²) in [6.07, 6.45) is 2.15. The average Bonchev–Trinajstić information content (AvgIpc) is 2.83. The minimum absolute atomic E-state index is 0.00875. The molecular weight excluding hydrogens is 204 g/mol. The van der Waals surface area contributed by atoms with Crippen LogP contribution < -0.4 is 5.32 Å². The van der Waals surface area contributed by atoms with Crippen molar-refractivity contribution in [2.24, 2.45) is 5.92 Å². The number of amides is 1. The third kappa shape index (κ3) is 1.96. The van der Waals surface area contributed by atoms with Crippen molar-refractivity contribution in [1.29, 1.82) is 0 Å². The van der Waals surface area contributed by atoms with Gasteiger partial charge in [-0.2, -0.15) is 0 Å². The summed E-state index contributed by atoms with van der Waals surface area (Å²) >= 11 is 0. The topological polar surface area (TPSA) is 41.6 Å². The maximum absolute atomic E-state index is 12.3. The minimum Gasteiger partial charge on any atom is -0.379 e. The van der Waals surface area contributed by atoms with E-state index in [0.29, 0.717) is 12.5 Å². The molecule has 3 unspecified atom stereocenters. The first-order valence-electron chi connectivity index (χ1n) is 6.31. The third-order valence-corrected chi connectivity index (χ3v) is 3.58. The van der Waals surface area contributed by atoms with E-state index in [1.165, 1.54) is 0 Å². The van der Waals surface area contributed by atoms with Crippen molar-refractivity contribution in [3.63, 3.8) is 0 Å². The summed E-state index contributed by atoms with van der Waals surface area (Å²) < 4.78 is 5.38. The standard InChI is InChI=1S/C12H22N2O2/c1-4-10-13-11(8(2)3)12(15)14(10)9-5-6-16-7-9/h8-11,13H,4-7H2,1-3H3. The summed E-state index contributed by atoms with van der Waals surface area (Å²) in [5.41, 5.74) is 0. The second-order valence-electron chi connectivity index (χ2n) is 5.08. The molecule has 3 atom stereocenters. The minimum atomic E-state index is -0.00875. The van der Waals surface area contributed by atoms with Gasteiger partial charge < -0.3 is 9.64 Å². The molecule has 92 valence electrons. The molecule has 2 heterocycles. The maximum atomic E-state index is 12.3. The van der Waals surface area contributed by atoms with Crippen LogP contribution in [0.1, 0.15) is 33.6 Å². The van der Waals surface area contributed by atoms with Gasteiger partial charge in [0.05, 0.1) is 24.9 Å². The van der Waals surface area contributed by atoms with Gasteiger partial charge in [0.2, 0.25) is 5.91 Å². The molecule has 0 radical (unpaired) electrons. The van der Waals surface area contributed by atoms with Gasteiger partial charge in [-0.3, -0.25) is 10.1 Å². The van der Waals surface area contributed by atoms with Crippen LogP contribution in [-0.4, -0.2) is 42.3 Å². The maximum Gasteiger partial charge on any atom is 0.241 e. The smallest absolute Gasteiger partial charge is 0.241 e. The first-order valence-corrected chi connectivity index (χ1v) is 6.31. The molecule has 0 aliphatic carbocycles. The summed E-state index contributed by atoms with van der Waals surface area (Å²) in [5.74, 6) is 0.617. The van der Waals surface area contributed by atoms with E-state index in [9.17, 15) is 4.79 Å². The highest BCUT2D eigenvalue weighted by Gasteiger charge is 2.43. The fourth-order valence-corrected chi connectivity index (χ4v) is 2.64. The second kappa shape index (κ2) is 4.72. The Kier molecular flexibility index (Phi) is 3.50. The van der Waals surface area contributed by atoms with E-state index >= 15 is 0 Å². The number of nitrogens with one attached hydrogen (secondary N) is 1.